The minimum Gasteiger partial charge on any atom is -0.452 e. The van der Waals surface area contributed by atoms with Crippen molar-refractivity contribution in [1.29, 1.82) is 0 Å². The number of carbonyl (C=O) groups excluding carboxylic acids is 2. The number of anilines is 2. The zero-order valence-electron chi connectivity index (χ0n) is 15.2. The van der Waals surface area contributed by atoms with E-state index in [2.05, 4.69) is 15.6 Å². The minimum absolute atomic E-state index is 0.165. The van der Waals surface area contributed by atoms with E-state index < -0.39 is 40.2 Å². The van der Waals surface area contributed by atoms with Gasteiger partial charge in [0.05, 0.1) is 21.1 Å². The average Bonchev–Trinajstić information content (AvgIpc) is 2.67. The molecule has 0 radical (unpaired) electrons. The van der Waals surface area contributed by atoms with Gasteiger partial charge >= 0.3 is 12.1 Å². The van der Waals surface area contributed by atoms with Crippen molar-refractivity contribution in [2.45, 2.75) is 13.1 Å². The number of nitrogens with one attached hydrogen (secondary N) is 2. The molecule has 0 bridgehead atoms. The fraction of sp³-hybridized carbons (Fsp3) is 0.235. The second-order valence-corrected chi connectivity index (χ2v) is 6.10. The monoisotopic (exact) mass is 446 g/mol. The number of rotatable bonds is 7. The van der Waals surface area contributed by atoms with Crippen LogP contribution in [-0.4, -0.2) is 34.9 Å². The normalized spacial score (nSPS) is 11.0. The van der Waals surface area contributed by atoms with Gasteiger partial charge in [0, 0.05) is 18.8 Å². The Morgan fingerprint density at radius 2 is 2.00 bits per heavy atom. The Hall–Kier alpha value is -3.41. The Morgan fingerprint density at radius 1 is 1.30 bits per heavy atom. The molecule has 0 atom stereocenters. The number of ether oxygens (including phenoxy) is 1. The number of pyridine rings is 1. The highest BCUT2D eigenvalue weighted by Gasteiger charge is 2.31. The van der Waals surface area contributed by atoms with Crippen LogP contribution in [0.5, 0.6) is 0 Å². The maximum Gasteiger partial charge on any atom is 0.417 e. The molecule has 0 saturated carbocycles. The Labute approximate surface area is 172 Å². The van der Waals surface area contributed by atoms with E-state index in [1.807, 2.05) is 0 Å². The highest BCUT2D eigenvalue weighted by Crippen LogP contribution is 2.32. The van der Waals surface area contributed by atoms with Crippen LogP contribution in [0, 0.1) is 10.1 Å². The summed E-state index contributed by atoms with van der Waals surface area (Å²) in [5.41, 5.74) is -1.40. The third kappa shape index (κ3) is 5.80. The maximum absolute atomic E-state index is 12.6. The Bertz CT molecular complexity index is 984. The molecule has 0 fully saturated rings. The number of hydrogen-bond acceptors (Lipinski definition) is 7. The lowest BCUT2D eigenvalue weighted by molar-refractivity contribution is -0.384. The smallest absolute Gasteiger partial charge is 0.417 e. The lowest BCUT2D eigenvalue weighted by Crippen LogP contribution is -2.22. The third-order valence-electron chi connectivity index (χ3n) is 3.56. The minimum atomic E-state index is -4.65. The van der Waals surface area contributed by atoms with Crippen molar-refractivity contribution in [2.75, 3.05) is 23.8 Å². The van der Waals surface area contributed by atoms with E-state index in [1.54, 1.807) is 6.92 Å². The number of nitro benzene ring substituents is 1. The summed E-state index contributed by atoms with van der Waals surface area (Å²) in [6.45, 7) is 1.34. The van der Waals surface area contributed by atoms with Gasteiger partial charge in [-0.3, -0.25) is 14.9 Å². The molecule has 0 unspecified atom stereocenters. The van der Waals surface area contributed by atoms with E-state index in [9.17, 15) is 32.9 Å². The largest absolute Gasteiger partial charge is 0.452 e. The summed E-state index contributed by atoms with van der Waals surface area (Å²) < 4.78 is 42.5. The number of hydrogen-bond donors (Lipinski definition) is 2. The molecule has 2 N–H and O–H groups in total. The predicted octanol–water partition coefficient (Wildman–Crippen LogP) is 3.89. The molecule has 0 spiro atoms. The Morgan fingerprint density at radius 3 is 2.57 bits per heavy atom. The van der Waals surface area contributed by atoms with Crippen LogP contribution in [0.4, 0.5) is 30.4 Å². The van der Waals surface area contributed by atoms with Gasteiger partial charge in [0.2, 0.25) is 0 Å². The Balaban J connectivity index is 2.02. The van der Waals surface area contributed by atoms with E-state index in [1.165, 1.54) is 12.1 Å². The second-order valence-electron chi connectivity index (χ2n) is 5.70. The molecule has 0 aliphatic rings. The first-order valence-corrected chi connectivity index (χ1v) is 8.62. The first-order valence-electron chi connectivity index (χ1n) is 8.25. The van der Waals surface area contributed by atoms with Gasteiger partial charge < -0.3 is 15.4 Å². The topological polar surface area (TPSA) is 123 Å². The van der Waals surface area contributed by atoms with Crippen molar-refractivity contribution in [2.24, 2.45) is 0 Å². The van der Waals surface area contributed by atoms with Crippen LogP contribution >= 0.6 is 11.6 Å². The van der Waals surface area contributed by atoms with Crippen LogP contribution in [0.25, 0.3) is 0 Å². The lowest BCUT2D eigenvalue weighted by Gasteiger charge is -2.10. The fourth-order valence-electron chi connectivity index (χ4n) is 2.22. The summed E-state index contributed by atoms with van der Waals surface area (Å²) in [7, 11) is 0. The van der Waals surface area contributed by atoms with Crippen LogP contribution < -0.4 is 10.6 Å². The summed E-state index contributed by atoms with van der Waals surface area (Å²) in [5.74, 6) is -2.28. The number of esters is 1. The molecular weight excluding hydrogens is 433 g/mol. The van der Waals surface area contributed by atoms with Crippen LogP contribution in [0.3, 0.4) is 0 Å². The standard InChI is InChI=1S/C17H14ClF3N4O5/c1-2-22-12-4-3-9(5-13(12)25(28)29)16(27)30-8-14(26)24-15-11(18)6-10(7-23-15)17(19,20)21/h3-7,22H,2,8H2,1H3,(H,23,24,26). The SMILES string of the molecule is CCNc1ccc(C(=O)OCC(=O)Nc2ncc(C(F)(F)F)cc2Cl)cc1[N+](=O)[O-]. The molecule has 160 valence electrons. The van der Waals surface area contributed by atoms with Crippen LogP contribution in [-0.2, 0) is 15.7 Å². The van der Waals surface area contributed by atoms with Crippen molar-refractivity contribution >= 4 is 40.7 Å². The highest BCUT2D eigenvalue weighted by atomic mass is 35.5. The van der Waals surface area contributed by atoms with Crippen LogP contribution in [0.1, 0.15) is 22.8 Å². The van der Waals surface area contributed by atoms with Gasteiger partial charge in [0.25, 0.3) is 11.6 Å². The van der Waals surface area contributed by atoms with Crippen molar-refractivity contribution in [3.63, 3.8) is 0 Å². The molecule has 0 aliphatic heterocycles. The van der Waals surface area contributed by atoms with Crippen molar-refractivity contribution in [3.8, 4) is 0 Å². The zero-order chi connectivity index (χ0) is 22.5. The molecule has 2 rings (SSSR count). The van der Waals surface area contributed by atoms with E-state index in [0.29, 0.717) is 18.8 Å². The number of alkyl halides is 3. The Kier molecular flexibility index (Phi) is 7.16. The maximum atomic E-state index is 12.6. The fourth-order valence-corrected chi connectivity index (χ4v) is 2.43. The predicted molar refractivity (Wildman–Crippen MR) is 100 cm³/mol. The van der Waals surface area contributed by atoms with Crippen LogP contribution in [0.2, 0.25) is 5.02 Å². The first kappa shape index (κ1) is 22.9. The number of amides is 1. The zero-order valence-corrected chi connectivity index (χ0v) is 16.0. The number of nitro groups is 1. The first-order chi connectivity index (χ1) is 14.0. The number of carbonyl (C=O) groups is 2. The van der Waals surface area contributed by atoms with Gasteiger partial charge in [-0.2, -0.15) is 13.2 Å². The van der Waals surface area contributed by atoms with E-state index in [-0.39, 0.29) is 22.8 Å². The summed E-state index contributed by atoms with van der Waals surface area (Å²) in [4.78, 5) is 37.8. The van der Waals surface area contributed by atoms with Gasteiger partial charge in [0.1, 0.15) is 5.69 Å². The second kappa shape index (κ2) is 9.39. The summed E-state index contributed by atoms with van der Waals surface area (Å²) in [5, 5.41) is 15.5. The summed E-state index contributed by atoms with van der Waals surface area (Å²) in [6.07, 6.45) is -4.17. The number of benzene rings is 1. The lowest BCUT2D eigenvalue weighted by atomic mass is 10.1. The number of halogens is 4. The van der Waals surface area contributed by atoms with Gasteiger partial charge in [-0.15, -0.1) is 0 Å². The van der Waals surface area contributed by atoms with Crippen molar-refractivity contribution in [1.82, 2.24) is 4.98 Å². The molecule has 13 heteroatoms. The summed E-state index contributed by atoms with van der Waals surface area (Å²) >= 11 is 5.67. The molecule has 0 saturated heterocycles. The molecule has 2 aromatic rings. The van der Waals surface area contributed by atoms with E-state index in [0.717, 1.165) is 6.07 Å². The van der Waals surface area contributed by atoms with Gasteiger partial charge in [-0.25, -0.2) is 9.78 Å². The third-order valence-corrected chi connectivity index (χ3v) is 3.85. The van der Waals surface area contributed by atoms with Crippen molar-refractivity contribution < 1.29 is 32.4 Å². The quantitative estimate of drug-likeness (QED) is 0.375. The van der Waals surface area contributed by atoms with Gasteiger partial charge in [-0.05, 0) is 25.1 Å². The molecular formula is C17H14ClF3N4O5. The average molecular weight is 447 g/mol. The molecule has 1 heterocycles. The molecule has 1 aromatic carbocycles. The van der Waals surface area contributed by atoms with Crippen LogP contribution in [0.15, 0.2) is 30.5 Å². The van der Waals surface area contributed by atoms with Gasteiger partial charge in [-0.1, -0.05) is 11.6 Å². The number of aromatic nitrogens is 1. The number of nitrogens with zero attached hydrogens (tertiary/aromatic N) is 2. The molecule has 1 amide bonds. The van der Waals surface area contributed by atoms with E-state index >= 15 is 0 Å². The van der Waals surface area contributed by atoms with Crippen molar-refractivity contribution in [3.05, 3.63) is 56.7 Å². The molecule has 30 heavy (non-hydrogen) atoms. The van der Waals surface area contributed by atoms with Gasteiger partial charge in [0.15, 0.2) is 12.4 Å². The highest BCUT2D eigenvalue weighted by molar-refractivity contribution is 6.33. The molecule has 1 aromatic heterocycles. The molecule has 0 aliphatic carbocycles. The van der Waals surface area contributed by atoms with E-state index in [4.69, 9.17) is 16.3 Å². The summed E-state index contributed by atoms with van der Waals surface area (Å²) in [6, 6.07) is 4.18. The molecule has 9 nitrogen and oxygen atoms in total.